The van der Waals surface area contributed by atoms with Crippen molar-refractivity contribution < 1.29 is 13.2 Å². The quantitative estimate of drug-likeness (QED) is 0.696. The molecule has 0 bridgehead atoms. The molecule has 0 unspecified atom stereocenters. The second kappa shape index (κ2) is 7.04. The molecule has 0 atom stereocenters. The number of aryl methyl sites for hydroxylation is 1. The van der Waals surface area contributed by atoms with Crippen LogP contribution in [0.15, 0.2) is 46.7 Å². The van der Waals surface area contributed by atoms with E-state index in [1.54, 1.807) is 17.4 Å². The molecule has 1 amide bonds. The van der Waals surface area contributed by atoms with Gasteiger partial charge in [-0.3, -0.25) is 10.1 Å². The molecule has 130 valence electrons. The fourth-order valence-electron chi connectivity index (χ4n) is 2.11. The normalized spacial score (nSPS) is 11.4. The van der Waals surface area contributed by atoms with Crippen molar-refractivity contribution in [1.29, 1.82) is 0 Å². The number of carbonyl (C=O) groups is 1. The van der Waals surface area contributed by atoms with Gasteiger partial charge in [0.15, 0.2) is 5.13 Å². The molecule has 6 nitrogen and oxygen atoms in total. The van der Waals surface area contributed by atoms with Gasteiger partial charge in [0, 0.05) is 15.8 Å². The molecule has 1 aromatic carbocycles. The van der Waals surface area contributed by atoms with Crippen LogP contribution < -0.4 is 10.0 Å². The number of sulfonamides is 1. The number of benzene rings is 1. The molecule has 2 N–H and O–H groups in total. The highest BCUT2D eigenvalue weighted by molar-refractivity contribution is 7.89. The average Bonchev–Trinajstić information content (AvgIpc) is 3.24. The molecule has 0 saturated heterocycles. The molecule has 2 heterocycles. The van der Waals surface area contributed by atoms with Crippen molar-refractivity contribution in [2.24, 2.45) is 0 Å². The molecule has 2 aromatic heterocycles. The van der Waals surface area contributed by atoms with Gasteiger partial charge in [0.25, 0.3) is 5.91 Å². The summed E-state index contributed by atoms with van der Waals surface area (Å²) in [6.45, 7) is 2.02. The molecule has 0 fully saturated rings. The number of carbonyl (C=O) groups excluding carboxylic acids is 1. The minimum atomic E-state index is -3.60. The Bertz CT molecular complexity index is 1020. The number of aromatic nitrogens is 1. The number of amides is 1. The Morgan fingerprint density at radius 3 is 2.68 bits per heavy atom. The van der Waals surface area contributed by atoms with Crippen LogP contribution in [0.5, 0.6) is 0 Å². The molecule has 0 aliphatic heterocycles. The number of hydrogen-bond acceptors (Lipinski definition) is 6. The van der Waals surface area contributed by atoms with E-state index < -0.39 is 15.9 Å². The maximum Gasteiger partial charge on any atom is 0.257 e. The van der Waals surface area contributed by atoms with Crippen LogP contribution in [0.1, 0.15) is 15.2 Å². The standard InChI is InChI=1S/C16H15N3O3S3/c1-10-6-7-14(24-10)13-9-23-16(18-13)19-15(20)11-4-3-5-12(8-11)25(21,22)17-2/h3-9,17H,1-2H3,(H,18,19,20). The van der Waals surface area contributed by atoms with Crippen molar-refractivity contribution in [3.8, 4) is 10.6 Å². The van der Waals surface area contributed by atoms with E-state index in [0.29, 0.717) is 5.13 Å². The summed E-state index contributed by atoms with van der Waals surface area (Å²) in [4.78, 5) is 19.1. The van der Waals surface area contributed by atoms with Crippen molar-refractivity contribution in [2.75, 3.05) is 12.4 Å². The summed E-state index contributed by atoms with van der Waals surface area (Å²) in [6, 6.07) is 9.86. The van der Waals surface area contributed by atoms with E-state index in [1.807, 2.05) is 24.4 Å². The van der Waals surface area contributed by atoms with Crippen LogP contribution in [0.3, 0.4) is 0 Å². The lowest BCUT2D eigenvalue weighted by Crippen LogP contribution is -2.19. The van der Waals surface area contributed by atoms with Gasteiger partial charge in [0.1, 0.15) is 0 Å². The molecule has 3 rings (SSSR count). The fraction of sp³-hybridized carbons (Fsp3) is 0.125. The first-order valence-electron chi connectivity index (χ1n) is 7.26. The highest BCUT2D eigenvalue weighted by atomic mass is 32.2. The summed E-state index contributed by atoms with van der Waals surface area (Å²) in [7, 11) is -2.27. The highest BCUT2D eigenvalue weighted by Gasteiger charge is 2.15. The van der Waals surface area contributed by atoms with Gasteiger partial charge in [0.05, 0.1) is 15.5 Å². The van der Waals surface area contributed by atoms with E-state index in [9.17, 15) is 13.2 Å². The van der Waals surface area contributed by atoms with E-state index in [2.05, 4.69) is 15.0 Å². The Balaban J connectivity index is 1.79. The molecule has 25 heavy (non-hydrogen) atoms. The van der Waals surface area contributed by atoms with Gasteiger partial charge in [-0.05, 0) is 44.3 Å². The van der Waals surface area contributed by atoms with Gasteiger partial charge in [-0.25, -0.2) is 18.1 Å². The van der Waals surface area contributed by atoms with Crippen LogP contribution >= 0.6 is 22.7 Å². The number of nitrogens with one attached hydrogen (secondary N) is 2. The predicted molar refractivity (Wildman–Crippen MR) is 101 cm³/mol. The van der Waals surface area contributed by atoms with Crippen LogP contribution in [0, 0.1) is 6.92 Å². The van der Waals surface area contributed by atoms with Crippen LogP contribution in [0.2, 0.25) is 0 Å². The second-order valence-electron chi connectivity index (χ2n) is 5.14. The first kappa shape index (κ1) is 17.7. The Labute approximate surface area is 153 Å². The average molecular weight is 394 g/mol. The van der Waals surface area contributed by atoms with Crippen molar-refractivity contribution >= 4 is 43.7 Å². The molecular weight excluding hydrogens is 378 g/mol. The lowest BCUT2D eigenvalue weighted by molar-refractivity contribution is 0.102. The van der Waals surface area contributed by atoms with Gasteiger partial charge in [-0.2, -0.15) is 0 Å². The van der Waals surface area contributed by atoms with Gasteiger partial charge < -0.3 is 0 Å². The first-order valence-corrected chi connectivity index (χ1v) is 10.4. The van der Waals surface area contributed by atoms with Crippen LogP contribution in [-0.4, -0.2) is 26.4 Å². The van der Waals surface area contributed by atoms with Gasteiger partial charge in [0.2, 0.25) is 10.0 Å². The molecule has 0 aliphatic rings. The topological polar surface area (TPSA) is 88.2 Å². The third kappa shape index (κ3) is 3.96. The third-order valence-electron chi connectivity index (χ3n) is 3.39. The Hall–Kier alpha value is -2.07. The minimum absolute atomic E-state index is 0.0385. The van der Waals surface area contributed by atoms with Gasteiger partial charge in [-0.15, -0.1) is 22.7 Å². The van der Waals surface area contributed by atoms with E-state index in [4.69, 9.17) is 0 Å². The smallest absolute Gasteiger partial charge is 0.257 e. The van der Waals surface area contributed by atoms with E-state index in [1.165, 1.54) is 41.5 Å². The molecule has 0 saturated carbocycles. The molecule has 3 aromatic rings. The van der Waals surface area contributed by atoms with Crippen molar-refractivity contribution in [3.05, 3.63) is 52.2 Å². The summed E-state index contributed by atoms with van der Waals surface area (Å²) in [5, 5.41) is 5.05. The number of anilines is 1. The van der Waals surface area contributed by atoms with E-state index in [0.717, 1.165) is 10.6 Å². The largest absolute Gasteiger partial charge is 0.298 e. The number of thiophene rings is 1. The van der Waals surface area contributed by atoms with Crippen molar-refractivity contribution in [2.45, 2.75) is 11.8 Å². The monoisotopic (exact) mass is 393 g/mol. The zero-order valence-electron chi connectivity index (χ0n) is 13.4. The SMILES string of the molecule is CNS(=O)(=O)c1cccc(C(=O)Nc2nc(-c3ccc(C)s3)cs2)c1. The van der Waals surface area contributed by atoms with E-state index >= 15 is 0 Å². The lowest BCUT2D eigenvalue weighted by Gasteiger charge is -2.05. The Kier molecular flexibility index (Phi) is 5.00. The first-order chi connectivity index (χ1) is 11.9. The predicted octanol–water partition coefficient (Wildman–Crippen LogP) is 3.34. The van der Waals surface area contributed by atoms with Crippen molar-refractivity contribution in [3.63, 3.8) is 0 Å². The Morgan fingerprint density at radius 2 is 2.00 bits per heavy atom. The minimum Gasteiger partial charge on any atom is -0.298 e. The zero-order chi connectivity index (χ0) is 18.0. The molecule has 0 aliphatic carbocycles. The molecule has 0 spiro atoms. The van der Waals surface area contributed by atoms with Gasteiger partial charge >= 0.3 is 0 Å². The number of thiazole rings is 1. The fourth-order valence-corrected chi connectivity index (χ4v) is 4.49. The summed E-state index contributed by atoms with van der Waals surface area (Å²) >= 11 is 2.96. The van der Waals surface area contributed by atoms with Crippen molar-refractivity contribution in [1.82, 2.24) is 9.71 Å². The van der Waals surface area contributed by atoms with Crippen LogP contribution in [0.25, 0.3) is 10.6 Å². The summed E-state index contributed by atoms with van der Waals surface area (Å²) in [6.07, 6.45) is 0. The third-order valence-corrected chi connectivity index (χ3v) is 6.59. The highest BCUT2D eigenvalue weighted by Crippen LogP contribution is 2.30. The molecule has 0 radical (unpaired) electrons. The second-order valence-corrected chi connectivity index (χ2v) is 9.17. The maximum absolute atomic E-state index is 12.4. The summed E-state index contributed by atoms with van der Waals surface area (Å²) < 4.78 is 25.9. The Morgan fingerprint density at radius 1 is 1.20 bits per heavy atom. The zero-order valence-corrected chi connectivity index (χ0v) is 15.9. The van der Waals surface area contributed by atoms with Crippen LogP contribution in [-0.2, 0) is 10.0 Å². The number of hydrogen-bond donors (Lipinski definition) is 2. The van der Waals surface area contributed by atoms with Crippen LogP contribution in [0.4, 0.5) is 5.13 Å². The molecular formula is C16H15N3O3S3. The number of rotatable bonds is 5. The summed E-state index contributed by atoms with van der Waals surface area (Å²) in [5.41, 5.74) is 1.06. The molecule has 9 heteroatoms. The maximum atomic E-state index is 12.4. The van der Waals surface area contributed by atoms with Gasteiger partial charge in [-0.1, -0.05) is 6.07 Å². The number of nitrogens with zero attached hydrogens (tertiary/aromatic N) is 1. The van der Waals surface area contributed by atoms with E-state index in [-0.39, 0.29) is 10.5 Å². The summed E-state index contributed by atoms with van der Waals surface area (Å²) in [5.74, 6) is -0.406. The lowest BCUT2D eigenvalue weighted by atomic mass is 10.2.